The van der Waals surface area contributed by atoms with Gasteiger partial charge in [0, 0.05) is 54.4 Å². The first-order chi connectivity index (χ1) is 33.9. The van der Waals surface area contributed by atoms with Crippen LogP contribution in [0.3, 0.4) is 0 Å². The molecule has 8 atom stereocenters. The van der Waals surface area contributed by atoms with Crippen LogP contribution >= 0.6 is 25.3 Å². The summed E-state index contributed by atoms with van der Waals surface area (Å²) < 4.78 is 0. The number of carbonyl (C=O) groups excluding carboxylic acids is 8. The fraction of sp³-hybridized carbons (Fsp3) is 0.417. The van der Waals surface area contributed by atoms with Crippen molar-refractivity contribution in [2.24, 2.45) is 17.2 Å². The summed E-state index contributed by atoms with van der Waals surface area (Å²) in [6, 6.07) is 13.1. The van der Waals surface area contributed by atoms with Crippen LogP contribution in [-0.4, -0.2) is 129 Å². The van der Waals surface area contributed by atoms with Crippen LogP contribution in [0.25, 0.3) is 10.9 Å². The zero-order chi connectivity index (χ0) is 52.0. The van der Waals surface area contributed by atoms with Crippen LogP contribution in [0, 0.1) is 0 Å². The van der Waals surface area contributed by atoms with E-state index in [1.54, 1.807) is 48.7 Å². The number of primary amides is 1. The third-order valence-corrected chi connectivity index (χ3v) is 12.1. The van der Waals surface area contributed by atoms with Gasteiger partial charge < -0.3 is 69.6 Å². The number of nitrogens with two attached hydrogens (primary N) is 3. The second-order valence-corrected chi connectivity index (χ2v) is 17.6. The third kappa shape index (κ3) is 17.9. The number of phenolic OH excluding ortho intramolecular Hbond substituents is 1. The molecule has 0 aliphatic rings. The smallest absolute Gasteiger partial charge is 0.244 e. The Balaban J connectivity index is 1.52. The molecule has 1 unspecified atom stereocenters. The van der Waals surface area contributed by atoms with Gasteiger partial charge in [-0.15, -0.1) is 0 Å². The minimum absolute atomic E-state index is 0.0148. The number of benzene rings is 3. The van der Waals surface area contributed by atoms with Crippen molar-refractivity contribution < 1.29 is 48.6 Å². The average Bonchev–Trinajstić information content (AvgIpc) is 3.77. The summed E-state index contributed by atoms with van der Waals surface area (Å²) in [6.07, 6.45) is 1.34. The summed E-state index contributed by atoms with van der Waals surface area (Å²) in [7, 11) is 0. The third-order valence-electron chi connectivity index (χ3n) is 11.4. The maximum atomic E-state index is 14.5. The number of phenols is 1. The molecule has 4 rings (SSSR count). The van der Waals surface area contributed by atoms with Crippen molar-refractivity contribution in [3.05, 3.63) is 102 Å². The van der Waals surface area contributed by atoms with E-state index in [0.717, 1.165) is 10.9 Å². The summed E-state index contributed by atoms with van der Waals surface area (Å²) in [5, 5.41) is 39.0. The summed E-state index contributed by atoms with van der Waals surface area (Å²) in [6.45, 7) is 1.57. The van der Waals surface area contributed by atoms with Crippen molar-refractivity contribution in [1.29, 1.82) is 0 Å². The number of unbranched alkanes of at least 4 members (excludes halogenated alkanes) is 1. The SMILES string of the molecule is CC(O)[C@H](NC(=O)[C@@H](CS)NC(=O)CCCNC(=O)[C@H](CCCCN)NC(=O)[C@@H](Cc1c[nH]c2ccccc12)NC(=O)[C@H](Cc1ccc(O)cc1)NC(=O)[C@@H](CS)NC(=O)[C@@H](N)c1ccccc1)C(N)=O. The van der Waals surface area contributed by atoms with Crippen LogP contribution in [0.4, 0.5) is 0 Å². The van der Waals surface area contributed by atoms with Gasteiger partial charge in [-0.25, -0.2) is 0 Å². The molecule has 8 amide bonds. The highest BCUT2D eigenvalue weighted by Gasteiger charge is 2.33. The lowest BCUT2D eigenvalue weighted by atomic mass is 10.0. The van der Waals surface area contributed by atoms with E-state index in [1.165, 1.54) is 19.1 Å². The quantitative estimate of drug-likeness (QED) is 0.0231. The van der Waals surface area contributed by atoms with Gasteiger partial charge in [-0.2, -0.15) is 25.3 Å². The minimum atomic E-state index is -1.39. The molecule has 0 saturated heterocycles. The van der Waals surface area contributed by atoms with E-state index in [2.05, 4.69) is 67.5 Å². The predicted octanol–water partition coefficient (Wildman–Crippen LogP) is -0.981. The Bertz CT molecular complexity index is 2430. The van der Waals surface area contributed by atoms with Crippen LogP contribution in [-0.2, 0) is 51.2 Å². The van der Waals surface area contributed by atoms with Gasteiger partial charge in [-0.3, -0.25) is 38.4 Å². The van der Waals surface area contributed by atoms with E-state index in [0.29, 0.717) is 36.1 Å². The van der Waals surface area contributed by atoms with Crippen LogP contribution in [0.2, 0.25) is 0 Å². The number of aliphatic hydroxyl groups excluding tert-OH is 1. The second kappa shape index (κ2) is 28.9. The van der Waals surface area contributed by atoms with Gasteiger partial charge in [-0.1, -0.05) is 60.7 Å². The van der Waals surface area contributed by atoms with E-state index in [1.807, 2.05) is 24.3 Å². The first kappa shape index (κ1) is 56.9. The Hall–Kier alpha value is -6.66. The molecule has 0 fully saturated rings. The van der Waals surface area contributed by atoms with Crippen LogP contribution in [0.5, 0.6) is 5.75 Å². The van der Waals surface area contributed by atoms with E-state index >= 15 is 0 Å². The molecular weight excluding hydrogens is 955 g/mol. The molecule has 21 nitrogen and oxygen atoms in total. The summed E-state index contributed by atoms with van der Waals surface area (Å²) in [5.41, 5.74) is 19.7. The first-order valence-corrected chi connectivity index (χ1v) is 24.3. The van der Waals surface area contributed by atoms with Crippen molar-refractivity contribution in [1.82, 2.24) is 42.2 Å². The highest BCUT2D eigenvalue weighted by molar-refractivity contribution is 7.80. The standard InChI is InChI=1S/C48H65N11O10S2/c1-27(60)41(42(51)63)59-47(68)37(25-70)54-39(62)15-9-21-52-43(64)34(14-7-8-20-49)55-45(66)36(23-30-24-53-33-13-6-5-12-32(30)33)57-44(65)35(22-28-16-18-31(61)19-17-28)56-46(67)38(26-71)58-48(69)40(50)29-10-3-2-4-11-29/h2-6,10-13,16-19,24,27,34-38,40-41,53,60-61,70-71H,7-9,14-15,20-23,25-26,49-50H2,1H3,(H2,51,63)(H,52,64)(H,54,62)(H,55,66)(H,56,67)(H,57,65)(H,58,69)(H,59,68)/t27?,34-,35-,36+,37+,38+,40-,41-/m0/s1. The van der Waals surface area contributed by atoms with Crippen LogP contribution in [0.1, 0.15) is 61.8 Å². The Morgan fingerprint density at radius 3 is 1.83 bits per heavy atom. The normalized spacial score (nSPS) is 14.5. The number of amides is 8. The second-order valence-electron chi connectivity index (χ2n) is 16.9. The molecule has 384 valence electrons. The van der Waals surface area contributed by atoms with Gasteiger partial charge in [0.2, 0.25) is 47.3 Å². The van der Waals surface area contributed by atoms with E-state index in [9.17, 15) is 48.6 Å². The lowest BCUT2D eigenvalue weighted by molar-refractivity contribution is -0.134. The van der Waals surface area contributed by atoms with Crippen molar-refractivity contribution in [3.8, 4) is 5.75 Å². The molecule has 0 spiro atoms. The highest BCUT2D eigenvalue weighted by Crippen LogP contribution is 2.20. The number of aromatic amines is 1. The largest absolute Gasteiger partial charge is 0.508 e. The molecule has 23 heteroatoms. The van der Waals surface area contributed by atoms with Crippen molar-refractivity contribution in [3.63, 3.8) is 0 Å². The van der Waals surface area contributed by atoms with Crippen molar-refractivity contribution in [2.45, 2.75) is 100 Å². The number of H-pyrrole nitrogens is 1. The molecule has 1 aromatic heterocycles. The lowest BCUT2D eigenvalue weighted by Gasteiger charge is -2.27. The fourth-order valence-corrected chi connectivity index (χ4v) is 7.89. The molecule has 16 N–H and O–H groups in total. The number of para-hydroxylation sites is 1. The molecule has 1 heterocycles. The number of aromatic hydroxyl groups is 1. The molecular formula is C48H65N11O10S2. The summed E-state index contributed by atoms with van der Waals surface area (Å²) >= 11 is 8.40. The number of nitrogens with one attached hydrogen (secondary N) is 8. The highest BCUT2D eigenvalue weighted by atomic mass is 32.1. The Morgan fingerprint density at radius 2 is 1.21 bits per heavy atom. The topological polar surface area (TPSA) is 355 Å². The molecule has 71 heavy (non-hydrogen) atoms. The van der Waals surface area contributed by atoms with E-state index in [-0.39, 0.29) is 55.9 Å². The number of fused-ring (bicyclic) bond motifs is 1. The van der Waals surface area contributed by atoms with Crippen LogP contribution in [0.15, 0.2) is 85.1 Å². The number of thiol groups is 2. The minimum Gasteiger partial charge on any atom is -0.508 e. The van der Waals surface area contributed by atoms with Gasteiger partial charge in [0.25, 0.3) is 0 Å². The zero-order valence-corrected chi connectivity index (χ0v) is 41.1. The molecule has 0 aliphatic heterocycles. The van der Waals surface area contributed by atoms with Gasteiger partial charge in [0.15, 0.2) is 0 Å². The average molecular weight is 1020 g/mol. The van der Waals surface area contributed by atoms with Gasteiger partial charge in [-0.05, 0) is 74.0 Å². The number of aliphatic hydroxyl groups is 1. The Labute approximate surface area is 422 Å². The number of carbonyl (C=O) groups is 8. The number of hydrogen-bond donors (Lipinski definition) is 15. The lowest BCUT2D eigenvalue weighted by Crippen LogP contribution is -2.59. The van der Waals surface area contributed by atoms with Gasteiger partial charge >= 0.3 is 0 Å². The Morgan fingerprint density at radius 1 is 0.648 bits per heavy atom. The monoisotopic (exact) mass is 1020 g/mol. The molecule has 0 radical (unpaired) electrons. The Kier molecular flexibility index (Phi) is 23.1. The van der Waals surface area contributed by atoms with Crippen molar-refractivity contribution >= 4 is 83.4 Å². The molecule has 0 saturated carbocycles. The summed E-state index contributed by atoms with van der Waals surface area (Å²) in [5.74, 6) is -6.18. The van der Waals surface area contributed by atoms with E-state index < -0.39 is 95.7 Å². The summed E-state index contributed by atoms with van der Waals surface area (Å²) in [4.78, 5) is 110. The molecule has 3 aromatic carbocycles. The fourth-order valence-electron chi connectivity index (χ4n) is 7.38. The predicted molar refractivity (Wildman–Crippen MR) is 272 cm³/mol. The first-order valence-electron chi connectivity index (χ1n) is 23.1. The van der Waals surface area contributed by atoms with Gasteiger partial charge in [0.1, 0.15) is 48.0 Å². The molecule has 0 aliphatic carbocycles. The van der Waals surface area contributed by atoms with Crippen molar-refractivity contribution in [2.75, 3.05) is 24.6 Å². The van der Waals surface area contributed by atoms with Gasteiger partial charge in [0.05, 0.1) is 6.10 Å². The van der Waals surface area contributed by atoms with Crippen LogP contribution < -0.4 is 54.4 Å². The maximum absolute atomic E-state index is 14.5. The molecule has 0 bridgehead atoms. The molecule has 4 aromatic rings. The zero-order valence-electron chi connectivity index (χ0n) is 39.3. The van der Waals surface area contributed by atoms with E-state index in [4.69, 9.17) is 17.2 Å². The maximum Gasteiger partial charge on any atom is 0.244 e. The number of hydrogen-bond acceptors (Lipinski definition) is 14. The number of aromatic nitrogens is 1. The number of rotatable bonds is 29.